The highest BCUT2D eigenvalue weighted by Gasteiger charge is 2.26. The van der Waals surface area contributed by atoms with Crippen molar-refractivity contribution in [2.24, 2.45) is 5.92 Å². The molecular formula is C23H34FN3O4S. The average molecular weight is 468 g/mol. The zero-order chi connectivity index (χ0) is 23.1. The average Bonchev–Trinajstić information content (AvgIpc) is 2.74. The molecule has 3 rings (SSSR count). The lowest BCUT2D eigenvalue weighted by atomic mass is 9.86. The number of hydrogen-bond acceptors (Lipinski definition) is 6. The Hall–Kier alpha value is -2.03. The molecule has 2 aliphatic rings. The lowest BCUT2D eigenvalue weighted by Crippen LogP contribution is -2.40. The number of ether oxygens (including phenoxy) is 2. The van der Waals surface area contributed by atoms with Gasteiger partial charge in [0, 0.05) is 12.6 Å². The Balaban J connectivity index is 1.48. The van der Waals surface area contributed by atoms with Crippen LogP contribution in [0.15, 0.2) is 12.3 Å². The fourth-order valence-electron chi connectivity index (χ4n) is 3.95. The van der Waals surface area contributed by atoms with Gasteiger partial charge in [-0.05, 0) is 82.8 Å². The van der Waals surface area contributed by atoms with Crippen molar-refractivity contribution in [3.8, 4) is 5.88 Å². The highest BCUT2D eigenvalue weighted by atomic mass is 32.2. The number of nitrogens with zero attached hydrogens (tertiary/aromatic N) is 1. The van der Waals surface area contributed by atoms with Gasteiger partial charge in [-0.25, -0.2) is 14.2 Å². The molecule has 32 heavy (non-hydrogen) atoms. The van der Waals surface area contributed by atoms with E-state index < -0.39 is 17.5 Å². The molecule has 0 aromatic carbocycles. The van der Waals surface area contributed by atoms with Crippen LogP contribution in [0.1, 0.15) is 69.7 Å². The molecule has 1 saturated carbocycles. The molecule has 0 atom stereocenters. The van der Waals surface area contributed by atoms with Crippen LogP contribution in [-0.4, -0.2) is 52.8 Å². The van der Waals surface area contributed by atoms with Gasteiger partial charge in [-0.2, -0.15) is 11.8 Å². The van der Waals surface area contributed by atoms with Gasteiger partial charge in [-0.3, -0.25) is 4.79 Å². The van der Waals surface area contributed by atoms with Gasteiger partial charge in [0.15, 0.2) is 0 Å². The molecule has 0 radical (unpaired) electrons. The maximum atomic E-state index is 13.8. The molecule has 2 N–H and O–H groups in total. The molecule has 1 aliphatic carbocycles. The van der Waals surface area contributed by atoms with Crippen LogP contribution in [0.5, 0.6) is 5.88 Å². The predicted octanol–water partition coefficient (Wildman–Crippen LogP) is 4.31. The number of hydrogen-bond donors (Lipinski definition) is 2. The van der Waals surface area contributed by atoms with Crippen LogP contribution in [0.3, 0.4) is 0 Å². The summed E-state index contributed by atoms with van der Waals surface area (Å²) in [6.07, 6.45) is 5.84. The smallest absolute Gasteiger partial charge is 0.407 e. The van der Waals surface area contributed by atoms with E-state index in [2.05, 4.69) is 15.6 Å². The number of rotatable bonds is 6. The van der Waals surface area contributed by atoms with Gasteiger partial charge in [0.2, 0.25) is 5.88 Å². The van der Waals surface area contributed by atoms with E-state index in [-0.39, 0.29) is 29.5 Å². The summed E-state index contributed by atoms with van der Waals surface area (Å²) in [7, 11) is 0. The Morgan fingerprint density at radius 3 is 2.50 bits per heavy atom. The molecule has 0 unspecified atom stereocenters. The van der Waals surface area contributed by atoms with Crippen molar-refractivity contribution in [3.63, 3.8) is 0 Å². The molecule has 9 heteroatoms. The number of nitrogens with one attached hydrogen (secondary N) is 2. The van der Waals surface area contributed by atoms with Gasteiger partial charge in [0.05, 0.1) is 6.20 Å². The maximum Gasteiger partial charge on any atom is 0.407 e. The number of carbonyl (C=O) groups excluding carboxylic acids is 2. The molecule has 2 amide bonds. The molecule has 1 saturated heterocycles. The van der Waals surface area contributed by atoms with Crippen LogP contribution in [-0.2, 0) is 4.74 Å². The summed E-state index contributed by atoms with van der Waals surface area (Å²) in [5.41, 5.74) is -0.368. The molecule has 2 heterocycles. The van der Waals surface area contributed by atoms with Crippen molar-refractivity contribution in [3.05, 3.63) is 23.6 Å². The van der Waals surface area contributed by atoms with E-state index in [0.29, 0.717) is 12.5 Å². The van der Waals surface area contributed by atoms with E-state index in [1.165, 1.54) is 6.07 Å². The largest absolute Gasteiger partial charge is 0.474 e. The predicted molar refractivity (Wildman–Crippen MR) is 123 cm³/mol. The third-order valence-electron chi connectivity index (χ3n) is 5.62. The molecule has 178 valence electrons. The van der Waals surface area contributed by atoms with Crippen LogP contribution in [0, 0.1) is 11.7 Å². The highest BCUT2D eigenvalue weighted by molar-refractivity contribution is 7.99. The van der Waals surface area contributed by atoms with Crippen molar-refractivity contribution in [2.75, 3.05) is 18.1 Å². The Morgan fingerprint density at radius 1 is 1.16 bits per heavy atom. The van der Waals surface area contributed by atoms with E-state index >= 15 is 0 Å². The standard InChI is InChI=1S/C23H34FN3O4S/c1-23(2,3)31-22(29)26-13-15-4-6-17(7-5-15)27-20(28)19-12-16(24)14-25-21(19)30-18-8-10-32-11-9-18/h12,14-15,17-18H,4-11,13H2,1-3H3,(H,26,29)(H,27,28). The number of thioether (sulfide) groups is 1. The fraction of sp³-hybridized carbons (Fsp3) is 0.696. The van der Waals surface area contributed by atoms with Gasteiger partial charge in [0.25, 0.3) is 5.91 Å². The minimum absolute atomic E-state index is 0.00229. The van der Waals surface area contributed by atoms with Crippen LogP contribution >= 0.6 is 11.8 Å². The Bertz CT molecular complexity index is 788. The molecule has 1 aromatic rings. The normalized spacial score (nSPS) is 22.1. The summed E-state index contributed by atoms with van der Waals surface area (Å²) >= 11 is 1.88. The molecule has 7 nitrogen and oxygen atoms in total. The van der Waals surface area contributed by atoms with Crippen molar-refractivity contribution in [1.29, 1.82) is 0 Å². The third-order valence-corrected chi connectivity index (χ3v) is 6.67. The Kier molecular flexibility index (Phi) is 8.62. The van der Waals surface area contributed by atoms with E-state index in [1.54, 1.807) is 0 Å². The first-order valence-electron chi connectivity index (χ1n) is 11.4. The Labute approximate surface area is 193 Å². The number of alkyl carbamates (subject to hydrolysis) is 1. The SMILES string of the molecule is CC(C)(C)OC(=O)NCC1CCC(NC(=O)c2cc(F)cnc2OC2CCSCC2)CC1. The minimum Gasteiger partial charge on any atom is -0.474 e. The summed E-state index contributed by atoms with van der Waals surface area (Å²) in [6.45, 7) is 6.05. The first-order valence-corrected chi connectivity index (χ1v) is 12.5. The second-order valence-electron chi connectivity index (χ2n) is 9.51. The number of aromatic nitrogens is 1. The lowest BCUT2D eigenvalue weighted by molar-refractivity contribution is 0.0514. The fourth-order valence-corrected chi connectivity index (χ4v) is 5.01. The zero-order valence-corrected chi connectivity index (χ0v) is 19.9. The van der Waals surface area contributed by atoms with Gasteiger partial charge >= 0.3 is 6.09 Å². The second-order valence-corrected chi connectivity index (χ2v) is 10.7. The summed E-state index contributed by atoms with van der Waals surface area (Å²) in [4.78, 5) is 28.8. The van der Waals surface area contributed by atoms with Crippen LogP contribution < -0.4 is 15.4 Å². The van der Waals surface area contributed by atoms with E-state index in [0.717, 1.165) is 56.2 Å². The summed E-state index contributed by atoms with van der Waals surface area (Å²) in [5.74, 6) is 1.66. The molecular weight excluding hydrogens is 433 g/mol. The van der Waals surface area contributed by atoms with E-state index in [4.69, 9.17) is 9.47 Å². The van der Waals surface area contributed by atoms with Gasteiger partial charge in [-0.1, -0.05) is 0 Å². The Morgan fingerprint density at radius 2 is 1.84 bits per heavy atom. The highest BCUT2D eigenvalue weighted by Crippen LogP contribution is 2.27. The summed E-state index contributed by atoms with van der Waals surface area (Å²) in [5, 5.41) is 5.84. The van der Waals surface area contributed by atoms with E-state index in [1.807, 2.05) is 32.5 Å². The molecule has 1 aromatic heterocycles. The van der Waals surface area contributed by atoms with E-state index in [9.17, 15) is 14.0 Å². The summed E-state index contributed by atoms with van der Waals surface area (Å²) < 4.78 is 25.0. The van der Waals surface area contributed by atoms with Crippen molar-refractivity contribution in [2.45, 2.75) is 77.0 Å². The molecule has 2 fully saturated rings. The lowest BCUT2D eigenvalue weighted by Gasteiger charge is -2.30. The van der Waals surface area contributed by atoms with Gasteiger partial charge in [-0.15, -0.1) is 0 Å². The van der Waals surface area contributed by atoms with Crippen LogP contribution in [0.4, 0.5) is 9.18 Å². The topological polar surface area (TPSA) is 89.6 Å². The molecule has 0 bridgehead atoms. The first kappa shape index (κ1) is 24.6. The number of pyridine rings is 1. The number of amides is 2. The van der Waals surface area contributed by atoms with Crippen molar-refractivity contribution in [1.82, 2.24) is 15.6 Å². The zero-order valence-electron chi connectivity index (χ0n) is 19.1. The van der Waals surface area contributed by atoms with Crippen LogP contribution in [0.2, 0.25) is 0 Å². The van der Waals surface area contributed by atoms with Crippen molar-refractivity contribution >= 4 is 23.8 Å². The van der Waals surface area contributed by atoms with Gasteiger partial charge < -0.3 is 20.1 Å². The third kappa shape index (κ3) is 7.83. The van der Waals surface area contributed by atoms with Crippen molar-refractivity contribution < 1.29 is 23.5 Å². The summed E-state index contributed by atoms with van der Waals surface area (Å²) in [6, 6.07) is 1.20. The number of carbonyl (C=O) groups is 2. The quantitative estimate of drug-likeness (QED) is 0.648. The minimum atomic E-state index is -0.557. The first-order chi connectivity index (χ1) is 15.2. The number of halogens is 1. The van der Waals surface area contributed by atoms with Gasteiger partial charge in [0.1, 0.15) is 23.1 Å². The van der Waals surface area contributed by atoms with Crippen LogP contribution in [0.25, 0.3) is 0 Å². The monoisotopic (exact) mass is 467 g/mol. The second kappa shape index (κ2) is 11.2. The molecule has 1 aliphatic heterocycles. The maximum absolute atomic E-state index is 13.8. The molecule has 0 spiro atoms.